The molecule has 0 spiro atoms. The van der Waals surface area contributed by atoms with Gasteiger partial charge in [0.15, 0.2) is 16.6 Å². The maximum Gasteiger partial charge on any atom is 0.187 e. The fourth-order valence-corrected chi connectivity index (χ4v) is 1.62. The van der Waals surface area contributed by atoms with Gasteiger partial charge in [0, 0.05) is 12.1 Å². The summed E-state index contributed by atoms with van der Waals surface area (Å²) in [4.78, 5) is 0. The lowest BCUT2D eigenvalue weighted by atomic mass is 10.2. The van der Waals surface area contributed by atoms with Gasteiger partial charge in [-0.15, -0.1) is 6.58 Å². The molecule has 0 aliphatic carbocycles. The second-order valence-electron chi connectivity index (χ2n) is 3.68. The zero-order valence-electron chi connectivity index (χ0n) is 11.7. The van der Waals surface area contributed by atoms with Gasteiger partial charge in [0.2, 0.25) is 0 Å². The van der Waals surface area contributed by atoms with Crippen LogP contribution in [0.5, 0.6) is 11.5 Å². The zero-order chi connectivity index (χ0) is 14.8. The van der Waals surface area contributed by atoms with E-state index in [1.165, 1.54) is 0 Å². The van der Waals surface area contributed by atoms with E-state index in [1.807, 2.05) is 25.1 Å². The van der Waals surface area contributed by atoms with Gasteiger partial charge in [0.1, 0.15) is 0 Å². The van der Waals surface area contributed by atoms with Crippen molar-refractivity contribution in [3.8, 4) is 11.5 Å². The average molecular weight is 293 g/mol. The highest BCUT2D eigenvalue weighted by molar-refractivity contribution is 7.80. The molecule has 1 rings (SSSR count). The smallest absolute Gasteiger partial charge is 0.187 e. The van der Waals surface area contributed by atoms with Crippen molar-refractivity contribution in [2.24, 2.45) is 5.10 Å². The van der Waals surface area contributed by atoms with Crippen LogP contribution in [0.25, 0.3) is 0 Å². The number of benzene rings is 1. The van der Waals surface area contributed by atoms with Crippen LogP contribution in [0.2, 0.25) is 0 Å². The van der Waals surface area contributed by atoms with E-state index < -0.39 is 0 Å². The third-order valence-electron chi connectivity index (χ3n) is 2.29. The first kappa shape index (κ1) is 16.0. The number of hydrogen-bond acceptors (Lipinski definition) is 4. The fourth-order valence-electron chi connectivity index (χ4n) is 1.49. The number of thiocarbonyl (C=S) groups is 1. The topological polar surface area (TPSA) is 54.9 Å². The summed E-state index contributed by atoms with van der Waals surface area (Å²) >= 11 is 5.02. The standard InChI is InChI=1S/C14H19N3O2S/c1-4-9-15-14(20)17-16-10-11-7-6-8-12(19-5-2)13(11)18-3/h4,6-8,10H,1,5,9H2,2-3H3,(H2,15,17,20)/b16-10+. The molecule has 0 bridgehead atoms. The highest BCUT2D eigenvalue weighted by Gasteiger charge is 2.07. The number of rotatable bonds is 7. The molecular weight excluding hydrogens is 274 g/mol. The van der Waals surface area contributed by atoms with E-state index in [0.29, 0.717) is 29.8 Å². The number of ether oxygens (including phenoxy) is 2. The van der Waals surface area contributed by atoms with Crippen molar-refractivity contribution >= 4 is 23.5 Å². The van der Waals surface area contributed by atoms with Gasteiger partial charge >= 0.3 is 0 Å². The van der Waals surface area contributed by atoms with Gasteiger partial charge in [0.25, 0.3) is 0 Å². The molecular formula is C14H19N3O2S. The van der Waals surface area contributed by atoms with Crippen molar-refractivity contribution in [2.45, 2.75) is 6.92 Å². The predicted octanol–water partition coefficient (Wildman–Crippen LogP) is 2.08. The molecule has 0 atom stereocenters. The minimum absolute atomic E-state index is 0.432. The van der Waals surface area contributed by atoms with Crippen LogP contribution in [0.1, 0.15) is 12.5 Å². The van der Waals surface area contributed by atoms with E-state index in [2.05, 4.69) is 22.4 Å². The lowest BCUT2D eigenvalue weighted by Crippen LogP contribution is -2.31. The molecule has 0 saturated heterocycles. The molecule has 0 aliphatic rings. The zero-order valence-corrected chi connectivity index (χ0v) is 12.5. The summed E-state index contributed by atoms with van der Waals surface area (Å²) in [6, 6.07) is 5.61. The number of para-hydroxylation sites is 1. The Balaban J connectivity index is 2.73. The van der Waals surface area contributed by atoms with Gasteiger partial charge in [0.05, 0.1) is 19.9 Å². The number of hydrogen-bond donors (Lipinski definition) is 2. The molecule has 2 N–H and O–H groups in total. The highest BCUT2D eigenvalue weighted by atomic mass is 32.1. The fraction of sp³-hybridized carbons (Fsp3) is 0.286. The van der Waals surface area contributed by atoms with Crippen LogP contribution in [-0.4, -0.2) is 31.6 Å². The molecule has 108 valence electrons. The number of nitrogens with zero attached hydrogens (tertiary/aromatic N) is 1. The Hall–Kier alpha value is -2.08. The van der Waals surface area contributed by atoms with Crippen LogP contribution in [-0.2, 0) is 0 Å². The SMILES string of the molecule is C=CCNC(=S)N/N=C/c1cccc(OCC)c1OC. The van der Waals surface area contributed by atoms with Crippen LogP contribution in [0.4, 0.5) is 0 Å². The Morgan fingerprint density at radius 2 is 2.30 bits per heavy atom. The van der Waals surface area contributed by atoms with Crippen molar-refractivity contribution < 1.29 is 9.47 Å². The van der Waals surface area contributed by atoms with E-state index in [4.69, 9.17) is 21.7 Å². The Labute approximate surface area is 124 Å². The van der Waals surface area contributed by atoms with Crippen molar-refractivity contribution in [3.63, 3.8) is 0 Å². The highest BCUT2D eigenvalue weighted by Crippen LogP contribution is 2.29. The van der Waals surface area contributed by atoms with Gasteiger partial charge in [-0.1, -0.05) is 12.1 Å². The molecule has 0 unspecified atom stereocenters. The van der Waals surface area contributed by atoms with Gasteiger partial charge in [-0.2, -0.15) is 5.10 Å². The van der Waals surface area contributed by atoms with Crippen molar-refractivity contribution in [1.82, 2.24) is 10.7 Å². The summed E-state index contributed by atoms with van der Waals surface area (Å²) in [6.07, 6.45) is 3.34. The summed E-state index contributed by atoms with van der Waals surface area (Å²) in [6.45, 7) is 6.68. The van der Waals surface area contributed by atoms with E-state index in [9.17, 15) is 0 Å². The van der Waals surface area contributed by atoms with Crippen molar-refractivity contribution in [1.29, 1.82) is 0 Å². The first-order valence-electron chi connectivity index (χ1n) is 6.20. The maximum absolute atomic E-state index is 5.49. The molecule has 1 aromatic carbocycles. The van der Waals surface area contributed by atoms with Crippen LogP contribution in [0.3, 0.4) is 0 Å². The van der Waals surface area contributed by atoms with Crippen molar-refractivity contribution in [3.05, 3.63) is 36.4 Å². The van der Waals surface area contributed by atoms with Gasteiger partial charge in [-0.3, -0.25) is 5.43 Å². The largest absolute Gasteiger partial charge is 0.492 e. The van der Waals surface area contributed by atoms with Crippen molar-refractivity contribution in [2.75, 3.05) is 20.3 Å². The number of nitrogens with one attached hydrogen (secondary N) is 2. The minimum Gasteiger partial charge on any atom is -0.492 e. The summed E-state index contributed by atoms with van der Waals surface area (Å²) in [5.41, 5.74) is 3.52. The molecule has 0 aliphatic heterocycles. The molecule has 0 saturated carbocycles. The van der Waals surface area contributed by atoms with Crippen LogP contribution in [0.15, 0.2) is 36.0 Å². The predicted molar refractivity (Wildman–Crippen MR) is 85.7 cm³/mol. The summed E-state index contributed by atoms with van der Waals surface area (Å²) < 4.78 is 10.8. The normalized spacial score (nSPS) is 10.1. The summed E-state index contributed by atoms with van der Waals surface area (Å²) in [5, 5.41) is 7.40. The van der Waals surface area contributed by atoms with Crippen LogP contribution in [0, 0.1) is 0 Å². The van der Waals surface area contributed by atoms with E-state index in [1.54, 1.807) is 19.4 Å². The summed E-state index contributed by atoms with van der Waals surface area (Å²) in [5.74, 6) is 1.33. The third-order valence-corrected chi connectivity index (χ3v) is 2.53. The molecule has 0 heterocycles. The molecule has 0 fully saturated rings. The lowest BCUT2D eigenvalue weighted by molar-refractivity contribution is 0.310. The quantitative estimate of drug-likeness (QED) is 0.349. The van der Waals surface area contributed by atoms with Crippen LogP contribution >= 0.6 is 12.2 Å². The van der Waals surface area contributed by atoms with E-state index >= 15 is 0 Å². The lowest BCUT2D eigenvalue weighted by Gasteiger charge is -2.11. The van der Waals surface area contributed by atoms with E-state index in [0.717, 1.165) is 5.56 Å². The Bertz CT molecular complexity index is 489. The number of hydrazone groups is 1. The second-order valence-corrected chi connectivity index (χ2v) is 4.09. The maximum atomic E-state index is 5.49. The third kappa shape index (κ3) is 4.89. The van der Waals surface area contributed by atoms with E-state index in [-0.39, 0.29) is 0 Å². The molecule has 0 aromatic heterocycles. The van der Waals surface area contributed by atoms with Gasteiger partial charge < -0.3 is 14.8 Å². The molecule has 5 nitrogen and oxygen atoms in total. The van der Waals surface area contributed by atoms with Gasteiger partial charge in [-0.05, 0) is 31.3 Å². The summed E-state index contributed by atoms with van der Waals surface area (Å²) in [7, 11) is 1.60. The molecule has 6 heteroatoms. The molecule has 0 amide bonds. The number of methoxy groups -OCH3 is 1. The Morgan fingerprint density at radius 3 is 2.95 bits per heavy atom. The molecule has 1 aromatic rings. The first-order chi connectivity index (χ1) is 9.72. The minimum atomic E-state index is 0.432. The first-order valence-corrected chi connectivity index (χ1v) is 6.61. The molecule has 20 heavy (non-hydrogen) atoms. The van der Waals surface area contributed by atoms with Gasteiger partial charge in [-0.25, -0.2) is 0 Å². The Kier molecular flexibility index (Phi) is 7.13. The van der Waals surface area contributed by atoms with Crippen LogP contribution < -0.4 is 20.2 Å². The molecule has 0 radical (unpaired) electrons. The Morgan fingerprint density at radius 1 is 1.50 bits per heavy atom. The second kappa shape index (κ2) is 8.92. The monoisotopic (exact) mass is 293 g/mol. The average Bonchev–Trinajstić information content (AvgIpc) is 2.45.